The van der Waals surface area contributed by atoms with Crippen molar-refractivity contribution in [2.24, 2.45) is 4.99 Å². The van der Waals surface area contributed by atoms with E-state index in [-0.39, 0.29) is 5.82 Å². The SMILES string of the molecule is CCC(CC)c1cc(CNC(=NC)NCCc2ccn(-c3ccc(F)cc3)n2)on1. The normalized spacial score (nSPS) is 11.8. The van der Waals surface area contributed by atoms with Crippen molar-refractivity contribution >= 4 is 5.96 Å². The van der Waals surface area contributed by atoms with Crippen LogP contribution in [0, 0.1) is 5.82 Å². The predicted octanol–water partition coefficient (Wildman–Crippen LogP) is 3.81. The van der Waals surface area contributed by atoms with Gasteiger partial charge in [0.15, 0.2) is 11.7 Å². The molecule has 0 amide bonds. The molecule has 2 N–H and O–H groups in total. The molecular weight excluding hydrogens is 383 g/mol. The van der Waals surface area contributed by atoms with Gasteiger partial charge in [-0.2, -0.15) is 5.10 Å². The lowest BCUT2D eigenvalue weighted by Gasteiger charge is -2.10. The number of rotatable bonds is 9. The molecule has 0 fully saturated rings. The van der Waals surface area contributed by atoms with Gasteiger partial charge < -0.3 is 15.2 Å². The Morgan fingerprint density at radius 3 is 2.63 bits per heavy atom. The summed E-state index contributed by atoms with van der Waals surface area (Å²) in [5, 5.41) is 15.2. The van der Waals surface area contributed by atoms with Gasteiger partial charge in [-0.05, 0) is 43.2 Å². The maximum atomic E-state index is 13.1. The molecular formula is C22H29FN6O. The quantitative estimate of drug-likeness (QED) is 0.413. The minimum Gasteiger partial charge on any atom is -0.359 e. The highest BCUT2D eigenvalue weighted by molar-refractivity contribution is 5.79. The molecule has 0 aliphatic carbocycles. The molecule has 0 aliphatic heterocycles. The number of hydrogen-bond acceptors (Lipinski definition) is 4. The van der Waals surface area contributed by atoms with Crippen molar-refractivity contribution in [3.63, 3.8) is 0 Å². The van der Waals surface area contributed by atoms with E-state index in [9.17, 15) is 4.39 Å². The Labute approximate surface area is 176 Å². The zero-order valence-corrected chi connectivity index (χ0v) is 17.7. The number of benzene rings is 1. The Balaban J connectivity index is 1.45. The molecule has 30 heavy (non-hydrogen) atoms. The van der Waals surface area contributed by atoms with Crippen LogP contribution in [0.1, 0.15) is 49.8 Å². The Kier molecular flexibility index (Phi) is 7.59. The Morgan fingerprint density at radius 2 is 1.93 bits per heavy atom. The lowest BCUT2D eigenvalue weighted by atomic mass is 9.99. The molecule has 0 bridgehead atoms. The predicted molar refractivity (Wildman–Crippen MR) is 115 cm³/mol. The molecule has 1 aromatic carbocycles. The summed E-state index contributed by atoms with van der Waals surface area (Å²) >= 11 is 0. The van der Waals surface area contributed by atoms with Gasteiger partial charge in [0.25, 0.3) is 0 Å². The average molecular weight is 413 g/mol. The van der Waals surface area contributed by atoms with Crippen LogP contribution in [0.3, 0.4) is 0 Å². The van der Waals surface area contributed by atoms with Crippen molar-refractivity contribution in [2.75, 3.05) is 13.6 Å². The summed E-state index contributed by atoms with van der Waals surface area (Å²) < 4.78 is 20.2. The van der Waals surface area contributed by atoms with E-state index in [1.165, 1.54) is 12.1 Å². The summed E-state index contributed by atoms with van der Waals surface area (Å²) in [6, 6.07) is 10.2. The molecule has 3 aromatic rings. The molecule has 0 saturated carbocycles. The van der Waals surface area contributed by atoms with Gasteiger partial charge in [0, 0.05) is 38.2 Å². The van der Waals surface area contributed by atoms with Crippen molar-refractivity contribution in [1.82, 2.24) is 25.6 Å². The number of aromatic nitrogens is 3. The van der Waals surface area contributed by atoms with Gasteiger partial charge in [-0.25, -0.2) is 9.07 Å². The fourth-order valence-corrected chi connectivity index (χ4v) is 3.24. The van der Waals surface area contributed by atoms with E-state index >= 15 is 0 Å². The van der Waals surface area contributed by atoms with Crippen LogP contribution in [-0.4, -0.2) is 34.5 Å². The van der Waals surface area contributed by atoms with E-state index in [4.69, 9.17) is 4.52 Å². The molecule has 0 atom stereocenters. The highest BCUT2D eigenvalue weighted by atomic mass is 19.1. The minimum atomic E-state index is -0.258. The highest BCUT2D eigenvalue weighted by Crippen LogP contribution is 2.22. The van der Waals surface area contributed by atoms with Crippen molar-refractivity contribution in [2.45, 2.75) is 45.6 Å². The number of halogens is 1. The zero-order valence-electron chi connectivity index (χ0n) is 17.7. The number of hydrogen-bond donors (Lipinski definition) is 2. The van der Waals surface area contributed by atoms with Crippen LogP contribution in [0.25, 0.3) is 5.69 Å². The van der Waals surface area contributed by atoms with Crippen LogP contribution < -0.4 is 10.6 Å². The number of nitrogens with one attached hydrogen (secondary N) is 2. The van der Waals surface area contributed by atoms with Crippen molar-refractivity contribution in [3.05, 3.63) is 65.6 Å². The summed E-state index contributed by atoms with van der Waals surface area (Å²) in [5.74, 6) is 1.66. The summed E-state index contributed by atoms with van der Waals surface area (Å²) in [6.07, 6.45) is 4.71. The lowest BCUT2D eigenvalue weighted by Crippen LogP contribution is -2.37. The zero-order chi connectivity index (χ0) is 21.3. The Morgan fingerprint density at radius 1 is 1.17 bits per heavy atom. The number of nitrogens with zero attached hydrogens (tertiary/aromatic N) is 4. The second-order valence-electron chi connectivity index (χ2n) is 7.06. The molecule has 0 saturated heterocycles. The molecule has 0 spiro atoms. The van der Waals surface area contributed by atoms with Gasteiger partial charge >= 0.3 is 0 Å². The lowest BCUT2D eigenvalue weighted by molar-refractivity contribution is 0.368. The first-order valence-electron chi connectivity index (χ1n) is 10.3. The molecule has 8 heteroatoms. The topological polar surface area (TPSA) is 80.3 Å². The molecule has 0 aliphatic rings. The van der Waals surface area contributed by atoms with Crippen LogP contribution in [-0.2, 0) is 13.0 Å². The third kappa shape index (κ3) is 5.68. The summed E-state index contributed by atoms with van der Waals surface area (Å²) in [6.45, 7) is 5.52. The van der Waals surface area contributed by atoms with Gasteiger partial charge in [0.05, 0.1) is 23.6 Å². The summed E-state index contributed by atoms with van der Waals surface area (Å²) in [7, 11) is 1.73. The third-order valence-corrected chi connectivity index (χ3v) is 5.04. The van der Waals surface area contributed by atoms with Crippen LogP contribution in [0.5, 0.6) is 0 Å². The van der Waals surface area contributed by atoms with E-state index < -0.39 is 0 Å². The number of aliphatic imine (C=N–C) groups is 1. The van der Waals surface area contributed by atoms with Crippen molar-refractivity contribution in [3.8, 4) is 5.69 Å². The van der Waals surface area contributed by atoms with Gasteiger partial charge in [0.2, 0.25) is 0 Å². The molecule has 0 unspecified atom stereocenters. The largest absolute Gasteiger partial charge is 0.359 e. The molecule has 3 rings (SSSR count). The fourth-order valence-electron chi connectivity index (χ4n) is 3.24. The first-order chi connectivity index (χ1) is 14.6. The van der Waals surface area contributed by atoms with Crippen molar-refractivity contribution in [1.29, 1.82) is 0 Å². The van der Waals surface area contributed by atoms with Crippen LogP contribution in [0.2, 0.25) is 0 Å². The Bertz CT molecular complexity index is 943. The standard InChI is InChI=1S/C22H29FN6O/c1-4-16(5-2)21-14-20(30-28-21)15-26-22(24-3)25-12-10-18-11-13-29(27-18)19-8-6-17(23)7-9-19/h6-9,11,13-14,16H,4-5,10,12,15H2,1-3H3,(H2,24,25,26). The molecule has 7 nitrogen and oxygen atoms in total. The van der Waals surface area contributed by atoms with Crippen LogP contribution >= 0.6 is 0 Å². The maximum Gasteiger partial charge on any atom is 0.191 e. The van der Waals surface area contributed by atoms with E-state index in [1.807, 2.05) is 18.3 Å². The second kappa shape index (κ2) is 10.6. The van der Waals surface area contributed by atoms with Gasteiger partial charge in [-0.1, -0.05) is 19.0 Å². The molecule has 0 radical (unpaired) electrons. The highest BCUT2D eigenvalue weighted by Gasteiger charge is 2.13. The van der Waals surface area contributed by atoms with E-state index in [2.05, 4.69) is 39.7 Å². The first kappa shape index (κ1) is 21.5. The minimum absolute atomic E-state index is 0.258. The monoisotopic (exact) mass is 412 g/mol. The summed E-state index contributed by atoms with van der Waals surface area (Å²) in [5.41, 5.74) is 2.77. The van der Waals surface area contributed by atoms with E-state index in [0.29, 0.717) is 25.0 Å². The van der Waals surface area contributed by atoms with Crippen LogP contribution in [0.15, 0.2) is 52.1 Å². The summed E-state index contributed by atoms with van der Waals surface area (Å²) in [4.78, 5) is 4.24. The van der Waals surface area contributed by atoms with Gasteiger partial charge in [-0.3, -0.25) is 4.99 Å². The fraction of sp³-hybridized carbons (Fsp3) is 0.409. The van der Waals surface area contributed by atoms with Crippen LogP contribution in [0.4, 0.5) is 4.39 Å². The van der Waals surface area contributed by atoms with Gasteiger partial charge in [-0.15, -0.1) is 0 Å². The smallest absolute Gasteiger partial charge is 0.191 e. The first-order valence-corrected chi connectivity index (χ1v) is 10.3. The Hall–Kier alpha value is -3.16. The van der Waals surface area contributed by atoms with Gasteiger partial charge in [0.1, 0.15) is 5.82 Å². The van der Waals surface area contributed by atoms with E-state index in [0.717, 1.165) is 42.1 Å². The average Bonchev–Trinajstić information content (AvgIpc) is 3.42. The second-order valence-corrected chi connectivity index (χ2v) is 7.06. The number of guanidine groups is 1. The molecule has 160 valence electrons. The van der Waals surface area contributed by atoms with Crippen molar-refractivity contribution < 1.29 is 8.91 Å². The van der Waals surface area contributed by atoms with E-state index in [1.54, 1.807) is 23.9 Å². The maximum absolute atomic E-state index is 13.1. The third-order valence-electron chi connectivity index (χ3n) is 5.04. The molecule has 2 heterocycles. The molecule has 2 aromatic heterocycles.